The number of nitrogens with zero attached hydrogens (tertiary/aromatic N) is 2. The Bertz CT molecular complexity index is 576. The standard InChI is InChI=1S/C13H16ClN3OS/c1-2-3-8-15-9-17-13(19)18-12(16-17)10-4-6-11(14)7-5-10/h4-7,15H,2-3,8-9H2,1H3. The van der Waals surface area contributed by atoms with Gasteiger partial charge >= 0.3 is 0 Å². The van der Waals surface area contributed by atoms with Crippen molar-refractivity contribution in [3.05, 3.63) is 34.1 Å². The quantitative estimate of drug-likeness (QED) is 0.649. The van der Waals surface area contributed by atoms with Crippen molar-refractivity contribution in [1.82, 2.24) is 15.1 Å². The summed E-state index contributed by atoms with van der Waals surface area (Å²) < 4.78 is 7.13. The van der Waals surface area contributed by atoms with Crippen LogP contribution in [0.15, 0.2) is 28.7 Å². The third kappa shape index (κ3) is 3.89. The Kier molecular flexibility index (Phi) is 5.13. The van der Waals surface area contributed by atoms with Crippen LogP contribution in [0.4, 0.5) is 0 Å². The van der Waals surface area contributed by atoms with E-state index < -0.39 is 0 Å². The van der Waals surface area contributed by atoms with E-state index in [1.165, 1.54) is 0 Å². The predicted octanol–water partition coefficient (Wildman–Crippen LogP) is 3.87. The minimum atomic E-state index is 0.369. The molecule has 102 valence electrons. The number of rotatable bonds is 6. The van der Waals surface area contributed by atoms with Gasteiger partial charge in [-0.3, -0.25) is 5.32 Å². The Morgan fingerprint density at radius 2 is 2.11 bits per heavy atom. The highest BCUT2D eigenvalue weighted by molar-refractivity contribution is 7.71. The fourth-order valence-corrected chi connectivity index (χ4v) is 1.91. The Balaban J connectivity index is 2.08. The monoisotopic (exact) mass is 297 g/mol. The van der Waals surface area contributed by atoms with E-state index in [2.05, 4.69) is 17.3 Å². The lowest BCUT2D eigenvalue weighted by Crippen LogP contribution is -2.20. The normalized spacial score (nSPS) is 10.8. The second-order valence-corrected chi connectivity index (χ2v) is 4.98. The lowest BCUT2D eigenvalue weighted by atomic mass is 10.2. The van der Waals surface area contributed by atoms with E-state index in [4.69, 9.17) is 28.2 Å². The second kappa shape index (κ2) is 6.84. The minimum Gasteiger partial charge on any atom is -0.409 e. The van der Waals surface area contributed by atoms with E-state index in [1.54, 1.807) is 16.8 Å². The number of hydrogen-bond donors (Lipinski definition) is 1. The van der Waals surface area contributed by atoms with Crippen molar-refractivity contribution in [3.8, 4) is 11.5 Å². The van der Waals surface area contributed by atoms with Crippen LogP contribution in [0.5, 0.6) is 0 Å². The van der Waals surface area contributed by atoms with E-state index in [0.717, 1.165) is 24.9 Å². The Morgan fingerprint density at radius 1 is 1.37 bits per heavy atom. The fourth-order valence-electron chi connectivity index (χ4n) is 1.60. The van der Waals surface area contributed by atoms with E-state index in [0.29, 0.717) is 22.4 Å². The first kappa shape index (κ1) is 14.2. The molecule has 0 aliphatic rings. The maximum Gasteiger partial charge on any atom is 0.288 e. The van der Waals surface area contributed by atoms with Crippen LogP contribution in [0.2, 0.25) is 5.02 Å². The molecule has 0 aliphatic heterocycles. The van der Waals surface area contributed by atoms with Gasteiger partial charge in [-0.05, 0) is 49.4 Å². The highest BCUT2D eigenvalue weighted by Crippen LogP contribution is 2.20. The lowest BCUT2D eigenvalue weighted by molar-refractivity contribution is 0.465. The molecule has 1 heterocycles. The molecule has 2 aromatic rings. The average Bonchev–Trinajstić information content (AvgIpc) is 2.77. The van der Waals surface area contributed by atoms with Gasteiger partial charge in [-0.1, -0.05) is 24.9 Å². The third-order valence-electron chi connectivity index (χ3n) is 2.67. The molecule has 4 nitrogen and oxygen atoms in total. The van der Waals surface area contributed by atoms with E-state index >= 15 is 0 Å². The minimum absolute atomic E-state index is 0.369. The zero-order chi connectivity index (χ0) is 13.7. The predicted molar refractivity (Wildman–Crippen MR) is 78.7 cm³/mol. The Hall–Kier alpha value is -1.17. The lowest BCUT2D eigenvalue weighted by Gasteiger charge is -2.01. The molecular weight excluding hydrogens is 282 g/mol. The van der Waals surface area contributed by atoms with Gasteiger partial charge in [-0.2, -0.15) is 0 Å². The third-order valence-corrected chi connectivity index (χ3v) is 3.21. The summed E-state index contributed by atoms with van der Waals surface area (Å²) in [6.07, 6.45) is 2.29. The summed E-state index contributed by atoms with van der Waals surface area (Å²) in [7, 11) is 0. The molecule has 1 N–H and O–H groups in total. The van der Waals surface area contributed by atoms with Gasteiger partial charge in [0.2, 0.25) is 5.89 Å². The number of benzene rings is 1. The number of hydrogen-bond acceptors (Lipinski definition) is 4. The van der Waals surface area contributed by atoms with E-state index in [9.17, 15) is 0 Å². The van der Waals surface area contributed by atoms with Crippen molar-refractivity contribution in [2.75, 3.05) is 6.54 Å². The highest BCUT2D eigenvalue weighted by atomic mass is 35.5. The highest BCUT2D eigenvalue weighted by Gasteiger charge is 2.07. The van der Waals surface area contributed by atoms with E-state index in [1.807, 2.05) is 12.1 Å². The molecule has 0 radical (unpaired) electrons. The van der Waals surface area contributed by atoms with Gasteiger partial charge in [0.15, 0.2) is 0 Å². The molecule has 0 aliphatic carbocycles. The number of halogens is 1. The molecule has 0 fully saturated rings. The summed E-state index contributed by atoms with van der Waals surface area (Å²) in [6, 6.07) is 7.32. The number of aromatic nitrogens is 2. The molecular formula is C13H16ClN3OS. The molecule has 19 heavy (non-hydrogen) atoms. The van der Waals surface area contributed by atoms with Gasteiger partial charge in [0.25, 0.3) is 4.84 Å². The molecule has 1 aromatic heterocycles. The Morgan fingerprint density at radius 3 is 2.79 bits per heavy atom. The van der Waals surface area contributed by atoms with Crippen LogP contribution < -0.4 is 5.32 Å². The molecule has 0 unspecified atom stereocenters. The van der Waals surface area contributed by atoms with Crippen molar-refractivity contribution >= 4 is 23.8 Å². The maximum atomic E-state index is 5.85. The molecule has 0 spiro atoms. The van der Waals surface area contributed by atoms with Crippen LogP contribution in [0.1, 0.15) is 19.8 Å². The first-order valence-corrected chi connectivity index (χ1v) is 7.04. The average molecular weight is 298 g/mol. The summed E-state index contributed by atoms with van der Waals surface area (Å²) in [5.74, 6) is 0.513. The van der Waals surface area contributed by atoms with Crippen molar-refractivity contribution in [1.29, 1.82) is 0 Å². The summed E-state index contributed by atoms with van der Waals surface area (Å²) in [5, 5.41) is 8.30. The van der Waals surface area contributed by atoms with Crippen molar-refractivity contribution in [2.45, 2.75) is 26.4 Å². The molecule has 0 saturated carbocycles. The van der Waals surface area contributed by atoms with Gasteiger partial charge in [-0.25, -0.2) is 4.68 Å². The van der Waals surface area contributed by atoms with Crippen molar-refractivity contribution in [3.63, 3.8) is 0 Å². The van der Waals surface area contributed by atoms with Crippen LogP contribution in [0.3, 0.4) is 0 Å². The molecule has 1 aromatic carbocycles. The van der Waals surface area contributed by atoms with E-state index in [-0.39, 0.29) is 0 Å². The molecule has 0 amide bonds. The van der Waals surface area contributed by atoms with Crippen LogP contribution in [0.25, 0.3) is 11.5 Å². The SMILES string of the molecule is CCCCNCn1nc(-c2ccc(Cl)cc2)oc1=S. The zero-order valence-corrected chi connectivity index (χ0v) is 12.3. The van der Waals surface area contributed by atoms with Gasteiger partial charge in [0.1, 0.15) is 0 Å². The second-order valence-electron chi connectivity index (χ2n) is 4.19. The van der Waals surface area contributed by atoms with Gasteiger partial charge in [0.05, 0.1) is 6.67 Å². The Labute approximate surface area is 122 Å². The molecule has 0 saturated heterocycles. The van der Waals surface area contributed by atoms with Crippen LogP contribution in [-0.4, -0.2) is 16.3 Å². The summed E-state index contributed by atoms with van der Waals surface area (Å²) in [6.45, 7) is 3.67. The molecule has 0 bridgehead atoms. The topological polar surface area (TPSA) is 43.0 Å². The van der Waals surface area contributed by atoms with Gasteiger partial charge in [-0.15, -0.1) is 5.10 Å². The number of nitrogens with one attached hydrogen (secondary N) is 1. The molecule has 6 heteroatoms. The summed E-state index contributed by atoms with van der Waals surface area (Å²) >= 11 is 11.0. The van der Waals surface area contributed by atoms with Crippen LogP contribution >= 0.6 is 23.8 Å². The van der Waals surface area contributed by atoms with Crippen molar-refractivity contribution < 1.29 is 4.42 Å². The summed E-state index contributed by atoms with van der Waals surface area (Å²) in [5.41, 5.74) is 0.864. The first-order valence-electron chi connectivity index (χ1n) is 6.25. The maximum absolute atomic E-state index is 5.85. The fraction of sp³-hybridized carbons (Fsp3) is 0.385. The van der Waals surface area contributed by atoms with Crippen LogP contribution in [-0.2, 0) is 6.67 Å². The zero-order valence-electron chi connectivity index (χ0n) is 10.7. The number of unbranched alkanes of at least 4 members (excludes halogenated alkanes) is 1. The van der Waals surface area contributed by atoms with Gasteiger partial charge < -0.3 is 4.42 Å². The first-order chi connectivity index (χ1) is 9.20. The largest absolute Gasteiger partial charge is 0.409 e. The van der Waals surface area contributed by atoms with Crippen LogP contribution in [0, 0.1) is 4.84 Å². The smallest absolute Gasteiger partial charge is 0.288 e. The summed E-state index contributed by atoms with van der Waals surface area (Å²) in [4.78, 5) is 0.369. The molecule has 2 rings (SSSR count). The molecule has 0 atom stereocenters. The van der Waals surface area contributed by atoms with Gasteiger partial charge in [0, 0.05) is 10.6 Å². The van der Waals surface area contributed by atoms with Crippen molar-refractivity contribution in [2.24, 2.45) is 0 Å².